The first-order valence-corrected chi connectivity index (χ1v) is 12.5. The molecule has 0 fully saturated rings. The van der Waals surface area contributed by atoms with Crippen molar-refractivity contribution in [1.29, 1.82) is 0 Å². The van der Waals surface area contributed by atoms with Crippen LogP contribution in [0.1, 0.15) is 42.6 Å². The first-order valence-electron chi connectivity index (χ1n) is 8.79. The van der Waals surface area contributed by atoms with Crippen molar-refractivity contribution in [2.75, 3.05) is 13.2 Å². The van der Waals surface area contributed by atoms with Gasteiger partial charge in [-0.05, 0) is 30.3 Å². The third kappa shape index (κ3) is 6.91. The van der Waals surface area contributed by atoms with Gasteiger partial charge in [-0.15, -0.1) is 11.3 Å². The number of carbonyl (C=O) groups is 1. The van der Waals surface area contributed by atoms with E-state index in [-0.39, 0.29) is 23.1 Å². The van der Waals surface area contributed by atoms with E-state index in [1.807, 2.05) is 0 Å². The maximum Gasteiger partial charge on any atom is 0.408 e. The summed E-state index contributed by atoms with van der Waals surface area (Å²) in [5.74, 6) is 0. The van der Waals surface area contributed by atoms with Gasteiger partial charge in [0, 0.05) is 9.75 Å². The number of ether oxygens (including phenoxy) is 1. The molecule has 0 aromatic carbocycles. The normalized spacial score (nSPS) is 15.0. The Bertz CT molecular complexity index is 672. The van der Waals surface area contributed by atoms with Crippen molar-refractivity contribution in [3.8, 4) is 0 Å². The van der Waals surface area contributed by atoms with E-state index in [4.69, 9.17) is 14.9 Å². The zero-order valence-corrected chi connectivity index (χ0v) is 18.7. The second-order valence-corrected chi connectivity index (χ2v) is 13.9. The maximum absolute atomic E-state index is 12.9. The van der Waals surface area contributed by atoms with Gasteiger partial charge in [-0.25, -0.2) is 4.79 Å². The van der Waals surface area contributed by atoms with Crippen LogP contribution in [0.15, 0.2) is 24.8 Å². The average Bonchev–Trinajstić information content (AvgIpc) is 3.03. The third-order valence-corrected chi connectivity index (χ3v) is 10.5. The summed E-state index contributed by atoms with van der Waals surface area (Å²) in [5, 5.41) is 2.60. The Balaban J connectivity index is 3.02. The lowest BCUT2D eigenvalue weighted by Gasteiger charge is -2.37. The number of rotatable bonds is 8. The number of thiophene rings is 1. The van der Waals surface area contributed by atoms with E-state index in [1.54, 1.807) is 0 Å². The Kier molecular flexibility index (Phi) is 8.30. The molecule has 0 aliphatic rings. The summed E-state index contributed by atoms with van der Waals surface area (Å²) in [5.41, 5.74) is 5.29. The summed E-state index contributed by atoms with van der Waals surface area (Å²) >= 11 is 0.900. The Morgan fingerprint density at radius 2 is 1.89 bits per heavy atom. The highest BCUT2D eigenvalue weighted by molar-refractivity contribution is 7.12. The lowest BCUT2D eigenvalue weighted by Crippen LogP contribution is -2.43. The SMILES string of the molecule is C=CCOC(=O)N[C@H](CO[Si](C)(C)C(C)(C)C)c1ccc([C@@H](N)C(F)(F)F)s1. The molecule has 28 heavy (non-hydrogen) atoms. The monoisotopic (exact) mass is 438 g/mol. The van der Waals surface area contributed by atoms with Gasteiger partial charge in [0.15, 0.2) is 8.32 Å². The van der Waals surface area contributed by atoms with E-state index in [0.717, 1.165) is 11.3 Å². The van der Waals surface area contributed by atoms with Gasteiger partial charge in [0.1, 0.15) is 12.6 Å². The van der Waals surface area contributed by atoms with E-state index in [0.29, 0.717) is 4.88 Å². The molecule has 0 spiro atoms. The lowest BCUT2D eigenvalue weighted by molar-refractivity contribution is -0.148. The molecule has 1 heterocycles. The molecule has 1 amide bonds. The molecule has 3 N–H and O–H groups in total. The zero-order valence-electron chi connectivity index (χ0n) is 16.9. The van der Waals surface area contributed by atoms with Gasteiger partial charge in [-0.1, -0.05) is 33.4 Å². The van der Waals surface area contributed by atoms with Crippen molar-refractivity contribution in [3.63, 3.8) is 0 Å². The van der Waals surface area contributed by atoms with E-state index in [9.17, 15) is 18.0 Å². The Hall–Kier alpha value is -1.36. The van der Waals surface area contributed by atoms with E-state index in [2.05, 4.69) is 45.8 Å². The van der Waals surface area contributed by atoms with Crippen LogP contribution in [-0.4, -0.2) is 33.8 Å². The zero-order chi connectivity index (χ0) is 21.8. The van der Waals surface area contributed by atoms with Crippen LogP contribution in [-0.2, 0) is 9.16 Å². The fraction of sp³-hybridized carbons (Fsp3) is 0.611. The van der Waals surface area contributed by atoms with Gasteiger partial charge in [0.05, 0.1) is 12.6 Å². The largest absolute Gasteiger partial charge is 0.445 e. The number of alkyl halides is 3. The minimum Gasteiger partial charge on any atom is -0.445 e. The van der Waals surface area contributed by atoms with Crippen LogP contribution >= 0.6 is 11.3 Å². The standard InChI is InChI=1S/C18H29F3N2O3SSi/c1-7-10-25-16(24)23-12(11-26-28(5,6)17(2,3)4)13-8-9-14(27-13)15(22)18(19,20)21/h7-9,12,15H,1,10-11,22H2,2-6H3,(H,23,24)/t12-,15-/m1/s1. The third-order valence-electron chi connectivity index (χ3n) is 4.69. The fourth-order valence-electron chi connectivity index (χ4n) is 1.91. The molecule has 0 saturated heterocycles. The molecule has 0 aliphatic heterocycles. The molecule has 0 bridgehead atoms. The second-order valence-electron chi connectivity index (χ2n) is 7.91. The summed E-state index contributed by atoms with van der Waals surface area (Å²) in [4.78, 5) is 12.5. The van der Waals surface area contributed by atoms with Crippen molar-refractivity contribution in [2.24, 2.45) is 5.73 Å². The highest BCUT2D eigenvalue weighted by Crippen LogP contribution is 2.39. The molecule has 0 saturated carbocycles. The van der Waals surface area contributed by atoms with Gasteiger partial charge < -0.3 is 20.2 Å². The molecule has 1 aromatic heterocycles. The number of hydrogen-bond donors (Lipinski definition) is 2. The van der Waals surface area contributed by atoms with Gasteiger partial charge in [-0.3, -0.25) is 0 Å². The summed E-state index contributed by atoms with van der Waals surface area (Å²) in [6.07, 6.45) is -3.81. The predicted molar refractivity (Wildman–Crippen MR) is 108 cm³/mol. The first-order chi connectivity index (χ1) is 12.7. The van der Waals surface area contributed by atoms with E-state index in [1.165, 1.54) is 18.2 Å². The van der Waals surface area contributed by atoms with Crippen molar-refractivity contribution >= 4 is 25.7 Å². The highest BCUT2D eigenvalue weighted by Gasteiger charge is 2.40. The van der Waals surface area contributed by atoms with Crippen LogP contribution in [0.3, 0.4) is 0 Å². The molecular formula is C18H29F3N2O3SSi. The summed E-state index contributed by atoms with van der Waals surface area (Å²) in [6, 6.07) is 0.138. The molecular weight excluding hydrogens is 409 g/mol. The summed E-state index contributed by atoms with van der Waals surface area (Å²) in [7, 11) is -2.13. The number of hydrogen-bond acceptors (Lipinski definition) is 5. The fourth-order valence-corrected chi connectivity index (χ4v) is 4.00. The average molecular weight is 439 g/mol. The molecule has 0 radical (unpaired) electrons. The number of carbonyl (C=O) groups excluding carboxylic acids is 1. The van der Waals surface area contributed by atoms with Crippen LogP contribution in [0.5, 0.6) is 0 Å². The van der Waals surface area contributed by atoms with Gasteiger partial charge >= 0.3 is 12.3 Å². The molecule has 5 nitrogen and oxygen atoms in total. The Labute approximate surface area is 169 Å². The minimum atomic E-state index is -4.54. The van der Waals surface area contributed by atoms with Gasteiger partial charge in [-0.2, -0.15) is 13.2 Å². The lowest BCUT2D eigenvalue weighted by atomic mass is 10.2. The van der Waals surface area contributed by atoms with Gasteiger partial charge in [0.2, 0.25) is 0 Å². The second kappa shape index (κ2) is 9.42. The quantitative estimate of drug-likeness (QED) is 0.427. The number of amides is 1. The molecule has 160 valence electrons. The Morgan fingerprint density at radius 3 is 2.39 bits per heavy atom. The summed E-state index contributed by atoms with van der Waals surface area (Å²) < 4.78 is 49.8. The molecule has 0 aliphatic carbocycles. The van der Waals surface area contributed by atoms with Crippen LogP contribution in [0.25, 0.3) is 0 Å². The van der Waals surface area contributed by atoms with Crippen molar-refractivity contribution < 1.29 is 27.1 Å². The van der Waals surface area contributed by atoms with Crippen LogP contribution in [0.4, 0.5) is 18.0 Å². The van der Waals surface area contributed by atoms with Crippen molar-refractivity contribution in [3.05, 3.63) is 34.5 Å². The molecule has 0 unspecified atom stereocenters. The van der Waals surface area contributed by atoms with Crippen LogP contribution < -0.4 is 11.1 Å². The number of halogens is 3. The molecule has 1 rings (SSSR count). The minimum absolute atomic E-state index is 0.0241. The van der Waals surface area contributed by atoms with E-state index >= 15 is 0 Å². The first kappa shape index (κ1) is 24.7. The molecule has 1 aromatic rings. The highest BCUT2D eigenvalue weighted by atomic mass is 32.1. The Morgan fingerprint density at radius 1 is 1.32 bits per heavy atom. The van der Waals surface area contributed by atoms with Crippen molar-refractivity contribution in [2.45, 2.75) is 57.2 Å². The number of nitrogens with two attached hydrogens (primary N) is 1. The van der Waals surface area contributed by atoms with Gasteiger partial charge in [0.25, 0.3) is 0 Å². The number of nitrogens with one attached hydrogen (secondary N) is 1. The van der Waals surface area contributed by atoms with Crippen LogP contribution in [0.2, 0.25) is 18.1 Å². The predicted octanol–water partition coefficient (Wildman–Crippen LogP) is 5.29. The van der Waals surface area contributed by atoms with E-state index < -0.39 is 32.7 Å². The topological polar surface area (TPSA) is 73.6 Å². The van der Waals surface area contributed by atoms with Crippen molar-refractivity contribution in [1.82, 2.24) is 5.32 Å². The maximum atomic E-state index is 12.9. The summed E-state index contributed by atoms with van der Waals surface area (Å²) in [6.45, 7) is 14.0. The molecule has 10 heteroatoms. The number of alkyl carbamates (subject to hydrolysis) is 1. The molecule has 2 atom stereocenters. The van der Waals surface area contributed by atoms with Crippen LogP contribution in [0, 0.1) is 0 Å². The smallest absolute Gasteiger partial charge is 0.408 e.